The molecule has 1 N–H and O–H groups in total. The minimum atomic E-state index is -1.59. The Balaban J connectivity index is 1.71. The van der Waals surface area contributed by atoms with Crippen LogP contribution < -0.4 is 14.8 Å². The van der Waals surface area contributed by atoms with Crippen LogP contribution in [-0.4, -0.2) is 55.6 Å². The fraction of sp³-hybridized carbons (Fsp3) is 0.333. The number of fused-ring (bicyclic) bond motifs is 1. The molecule has 0 bridgehead atoms. The van der Waals surface area contributed by atoms with Gasteiger partial charge < -0.3 is 14.2 Å². The summed E-state index contributed by atoms with van der Waals surface area (Å²) in [5.41, 5.74) is 0.643. The first-order valence-corrected chi connectivity index (χ1v) is 8.28. The molecule has 2 heterocycles. The van der Waals surface area contributed by atoms with Gasteiger partial charge in [-0.25, -0.2) is 4.79 Å². The number of benzene rings is 1. The molecule has 1 fully saturated rings. The maximum absolute atomic E-state index is 12.5. The maximum atomic E-state index is 12.5. The summed E-state index contributed by atoms with van der Waals surface area (Å²) in [6.45, 7) is 0.528. The van der Waals surface area contributed by atoms with Crippen LogP contribution in [0.4, 0.5) is 4.79 Å². The average Bonchev–Trinajstić information content (AvgIpc) is 3.10. The summed E-state index contributed by atoms with van der Waals surface area (Å²) >= 11 is 0. The Labute approximate surface area is 154 Å². The van der Waals surface area contributed by atoms with Gasteiger partial charge in [0.25, 0.3) is 5.91 Å². The van der Waals surface area contributed by atoms with Gasteiger partial charge in [0.05, 0.1) is 0 Å². The van der Waals surface area contributed by atoms with Crippen molar-refractivity contribution in [1.29, 1.82) is 0 Å². The molecule has 0 saturated carbocycles. The Hall–Kier alpha value is -3.20. The standard InChI is InChI=1S/C18H18N2O7/c1-25-8-2-7-20-17(23)15(16(22)19-18(20)24)12(21)5-3-11-4-6-13-14(9-11)27-10-26-13/h3-6,9,15H,2,7-8,10H2,1H3,(H,19,22,24)/b5-3+/t15-/m1/s1. The number of methoxy groups -OCH3 is 1. The van der Waals surface area contributed by atoms with Crippen LogP contribution in [0.2, 0.25) is 0 Å². The highest BCUT2D eigenvalue weighted by Gasteiger charge is 2.43. The molecular weight excluding hydrogens is 356 g/mol. The zero-order valence-corrected chi connectivity index (χ0v) is 14.6. The lowest BCUT2D eigenvalue weighted by Crippen LogP contribution is -2.59. The number of hydrogen-bond acceptors (Lipinski definition) is 7. The molecule has 0 radical (unpaired) electrons. The highest BCUT2D eigenvalue weighted by Crippen LogP contribution is 2.32. The number of hydrogen-bond donors (Lipinski definition) is 1. The first kappa shape index (κ1) is 18.6. The van der Waals surface area contributed by atoms with Crippen molar-refractivity contribution in [3.05, 3.63) is 29.8 Å². The Morgan fingerprint density at radius 1 is 1.30 bits per heavy atom. The summed E-state index contributed by atoms with van der Waals surface area (Å²) < 4.78 is 15.3. The Morgan fingerprint density at radius 3 is 2.85 bits per heavy atom. The van der Waals surface area contributed by atoms with E-state index in [1.54, 1.807) is 18.2 Å². The van der Waals surface area contributed by atoms with E-state index in [-0.39, 0.29) is 13.3 Å². The number of barbiturate groups is 1. The van der Waals surface area contributed by atoms with E-state index >= 15 is 0 Å². The Bertz CT molecular complexity index is 818. The van der Waals surface area contributed by atoms with E-state index in [2.05, 4.69) is 0 Å². The third-order valence-corrected chi connectivity index (χ3v) is 4.10. The van der Waals surface area contributed by atoms with Gasteiger partial charge in [0.1, 0.15) is 0 Å². The van der Waals surface area contributed by atoms with E-state index in [0.717, 1.165) is 11.0 Å². The normalized spacial score (nSPS) is 18.9. The number of nitrogens with one attached hydrogen (secondary N) is 1. The van der Waals surface area contributed by atoms with Gasteiger partial charge in [-0.1, -0.05) is 12.1 Å². The lowest BCUT2D eigenvalue weighted by molar-refractivity contribution is -0.146. The van der Waals surface area contributed by atoms with E-state index in [0.29, 0.717) is 30.1 Å². The van der Waals surface area contributed by atoms with E-state index in [1.165, 1.54) is 13.2 Å². The molecule has 9 heteroatoms. The number of imide groups is 2. The predicted molar refractivity (Wildman–Crippen MR) is 91.8 cm³/mol. The fourth-order valence-electron chi connectivity index (χ4n) is 2.73. The second-order valence-corrected chi connectivity index (χ2v) is 5.91. The lowest BCUT2D eigenvalue weighted by Gasteiger charge is -2.28. The van der Waals surface area contributed by atoms with E-state index in [9.17, 15) is 19.2 Å². The minimum Gasteiger partial charge on any atom is -0.454 e. The van der Waals surface area contributed by atoms with Crippen molar-refractivity contribution >= 4 is 29.7 Å². The smallest absolute Gasteiger partial charge is 0.330 e. The summed E-state index contributed by atoms with van der Waals surface area (Å²) in [5, 5.41) is 2.05. The van der Waals surface area contributed by atoms with Crippen LogP contribution >= 0.6 is 0 Å². The number of ketones is 1. The molecule has 142 valence electrons. The molecule has 2 aliphatic rings. The lowest BCUT2D eigenvalue weighted by atomic mass is 9.98. The largest absolute Gasteiger partial charge is 0.454 e. The number of amides is 4. The average molecular weight is 374 g/mol. The summed E-state index contributed by atoms with van der Waals surface area (Å²) in [4.78, 5) is 49.6. The number of rotatable bonds is 7. The van der Waals surface area contributed by atoms with Crippen LogP contribution in [0, 0.1) is 5.92 Å². The molecule has 2 aliphatic heterocycles. The molecule has 0 spiro atoms. The molecule has 4 amide bonds. The van der Waals surface area contributed by atoms with Crippen LogP contribution in [0.25, 0.3) is 6.08 Å². The van der Waals surface area contributed by atoms with E-state index < -0.39 is 29.5 Å². The van der Waals surface area contributed by atoms with Crippen LogP contribution in [0.15, 0.2) is 24.3 Å². The van der Waals surface area contributed by atoms with Gasteiger partial charge in [0.15, 0.2) is 23.2 Å². The second-order valence-electron chi connectivity index (χ2n) is 5.91. The van der Waals surface area contributed by atoms with Crippen molar-refractivity contribution < 1.29 is 33.4 Å². The van der Waals surface area contributed by atoms with Gasteiger partial charge in [-0.15, -0.1) is 0 Å². The first-order chi connectivity index (χ1) is 13.0. The zero-order chi connectivity index (χ0) is 19.4. The van der Waals surface area contributed by atoms with Gasteiger partial charge in [-0.2, -0.15) is 0 Å². The quantitative estimate of drug-likeness (QED) is 0.425. The predicted octanol–water partition coefficient (Wildman–Crippen LogP) is 0.729. The van der Waals surface area contributed by atoms with E-state index in [4.69, 9.17) is 14.2 Å². The topological polar surface area (TPSA) is 111 Å². The number of urea groups is 1. The molecule has 0 unspecified atom stereocenters. The number of nitrogens with zero attached hydrogens (tertiary/aromatic N) is 1. The number of allylic oxidation sites excluding steroid dienone is 1. The first-order valence-electron chi connectivity index (χ1n) is 8.28. The van der Waals surface area contributed by atoms with Crippen LogP contribution in [-0.2, 0) is 19.1 Å². The molecule has 27 heavy (non-hydrogen) atoms. The van der Waals surface area contributed by atoms with Crippen molar-refractivity contribution in [2.75, 3.05) is 27.1 Å². The third-order valence-electron chi connectivity index (χ3n) is 4.10. The molecule has 3 rings (SSSR count). The van der Waals surface area contributed by atoms with Crippen molar-refractivity contribution in [3.8, 4) is 11.5 Å². The van der Waals surface area contributed by atoms with Crippen molar-refractivity contribution in [2.45, 2.75) is 6.42 Å². The van der Waals surface area contributed by atoms with Crippen LogP contribution in [0.1, 0.15) is 12.0 Å². The van der Waals surface area contributed by atoms with Crippen LogP contribution in [0.5, 0.6) is 11.5 Å². The van der Waals surface area contributed by atoms with Crippen molar-refractivity contribution in [1.82, 2.24) is 10.2 Å². The highest BCUT2D eigenvalue weighted by molar-refractivity contribution is 6.28. The van der Waals surface area contributed by atoms with Crippen molar-refractivity contribution in [3.63, 3.8) is 0 Å². The molecule has 1 aromatic rings. The number of carbonyl (C=O) groups excluding carboxylic acids is 4. The van der Waals surface area contributed by atoms with Gasteiger partial charge >= 0.3 is 6.03 Å². The molecule has 9 nitrogen and oxygen atoms in total. The molecule has 0 aliphatic carbocycles. The second kappa shape index (κ2) is 8.00. The number of ether oxygens (including phenoxy) is 3. The monoisotopic (exact) mass is 374 g/mol. The van der Waals surface area contributed by atoms with Crippen molar-refractivity contribution in [2.24, 2.45) is 5.92 Å². The minimum absolute atomic E-state index is 0.0570. The number of carbonyl (C=O) groups is 4. The summed E-state index contributed by atoms with van der Waals surface area (Å²) in [6, 6.07) is 4.25. The molecule has 1 aromatic carbocycles. The molecule has 0 aromatic heterocycles. The SMILES string of the molecule is COCCCN1C(=O)NC(=O)[C@@H](C(=O)/C=C/c2ccc3c(c2)OCO3)C1=O. The Kier molecular flexibility index (Phi) is 5.51. The van der Waals surface area contributed by atoms with E-state index in [1.807, 2.05) is 5.32 Å². The highest BCUT2D eigenvalue weighted by atomic mass is 16.7. The summed E-state index contributed by atoms with van der Waals surface area (Å²) in [7, 11) is 1.49. The fourth-order valence-corrected chi connectivity index (χ4v) is 2.73. The van der Waals surface area contributed by atoms with Gasteiger partial charge in [0.2, 0.25) is 12.7 Å². The molecule has 1 atom stereocenters. The maximum Gasteiger partial charge on any atom is 0.330 e. The van der Waals surface area contributed by atoms with Gasteiger partial charge in [-0.05, 0) is 30.2 Å². The third kappa shape index (κ3) is 3.98. The summed E-state index contributed by atoms with van der Waals surface area (Å²) in [5.74, 6) is -2.90. The summed E-state index contributed by atoms with van der Waals surface area (Å²) in [6.07, 6.45) is 3.01. The van der Waals surface area contributed by atoms with Crippen LogP contribution in [0.3, 0.4) is 0 Å². The van der Waals surface area contributed by atoms with Gasteiger partial charge in [-0.3, -0.25) is 24.6 Å². The Morgan fingerprint density at radius 2 is 2.07 bits per heavy atom. The zero-order valence-electron chi connectivity index (χ0n) is 14.6. The molecular formula is C18H18N2O7. The molecule has 1 saturated heterocycles. The van der Waals surface area contributed by atoms with Gasteiger partial charge in [0, 0.05) is 20.3 Å².